The summed E-state index contributed by atoms with van der Waals surface area (Å²) in [6.45, 7) is 1.97. The maximum atomic E-state index is 12.4. The van der Waals surface area contributed by atoms with E-state index < -0.39 is 14.9 Å². The van der Waals surface area contributed by atoms with E-state index in [4.69, 9.17) is 16.9 Å². The van der Waals surface area contributed by atoms with Gasteiger partial charge in [0.15, 0.2) is 0 Å². The molecular formula is C16H14ClN3O2S. The van der Waals surface area contributed by atoms with Crippen molar-refractivity contribution in [3.8, 4) is 6.07 Å². The molecule has 0 fully saturated rings. The summed E-state index contributed by atoms with van der Waals surface area (Å²) in [5.74, 6) is 0. The quantitative estimate of drug-likeness (QED) is 0.520. The SMILES string of the molecule is CCc1ccc(S(=O)(=O)/C(C#N)=N\Nc2ccc(Cl)cc2)cc1. The fourth-order valence-electron chi connectivity index (χ4n) is 1.80. The molecule has 2 aromatic rings. The third kappa shape index (κ3) is 4.09. The zero-order chi connectivity index (χ0) is 16.9. The van der Waals surface area contributed by atoms with Crippen molar-refractivity contribution in [1.82, 2.24) is 0 Å². The molecule has 0 aromatic heterocycles. The Labute approximate surface area is 140 Å². The predicted octanol–water partition coefficient (Wildman–Crippen LogP) is 3.63. The maximum Gasteiger partial charge on any atom is 0.256 e. The normalized spacial score (nSPS) is 11.8. The summed E-state index contributed by atoms with van der Waals surface area (Å²) in [6, 6.07) is 14.5. The van der Waals surface area contributed by atoms with Gasteiger partial charge in [-0.25, -0.2) is 8.42 Å². The summed E-state index contributed by atoms with van der Waals surface area (Å²) in [7, 11) is -3.95. The molecule has 0 unspecified atom stereocenters. The smallest absolute Gasteiger partial charge is 0.256 e. The van der Waals surface area contributed by atoms with Crippen LogP contribution in [-0.4, -0.2) is 13.5 Å². The minimum absolute atomic E-state index is 0.0351. The lowest BCUT2D eigenvalue weighted by atomic mass is 10.2. The molecule has 0 aliphatic carbocycles. The largest absolute Gasteiger partial charge is 0.277 e. The third-order valence-corrected chi connectivity index (χ3v) is 4.96. The fraction of sp³-hybridized carbons (Fsp3) is 0.125. The average molecular weight is 348 g/mol. The second-order valence-corrected chi connectivity index (χ2v) is 6.95. The summed E-state index contributed by atoms with van der Waals surface area (Å²) >= 11 is 5.77. The van der Waals surface area contributed by atoms with E-state index in [1.54, 1.807) is 42.5 Å². The summed E-state index contributed by atoms with van der Waals surface area (Å²) < 4.78 is 24.8. The Morgan fingerprint density at radius 3 is 2.30 bits per heavy atom. The van der Waals surface area contributed by atoms with Crippen LogP contribution in [0.25, 0.3) is 0 Å². The van der Waals surface area contributed by atoms with E-state index in [0.717, 1.165) is 12.0 Å². The van der Waals surface area contributed by atoms with Gasteiger partial charge in [-0.3, -0.25) is 5.43 Å². The molecule has 0 aliphatic heterocycles. The highest BCUT2D eigenvalue weighted by molar-refractivity contribution is 8.07. The zero-order valence-electron chi connectivity index (χ0n) is 12.3. The van der Waals surface area contributed by atoms with E-state index in [-0.39, 0.29) is 4.90 Å². The number of benzene rings is 2. The number of nitrogens with zero attached hydrogens (tertiary/aromatic N) is 2. The standard InChI is InChI=1S/C16H14ClN3O2S/c1-2-12-3-9-15(10-4-12)23(21,22)16(11-18)20-19-14-7-5-13(17)6-8-14/h3-10,19H,2H2,1H3/b20-16-. The Morgan fingerprint density at radius 2 is 1.78 bits per heavy atom. The maximum absolute atomic E-state index is 12.4. The number of hydrazone groups is 1. The first-order valence-corrected chi connectivity index (χ1v) is 8.67. The molecule has 0 radical (unpaired) electrons. The van der Waals surface area contributed by atoms with Crippen LogP contribution in [0.15, 0.2) is 58.5 Å². The Kier molecular flexibility index (Phi) is 5.37. The van der Waals surface area contributed by atoms with Crippen molar-refractivity contribution in [3.63, 3.8) is 0 Å². The van der Waals surface area contributed by atoms with E-state index in [9.17, 15) is 8.42 Å². The van der Waals surface area contributed by atoms with Gasteiger partial charge in [0.2, 0.25) is 9.84 Å². The topological polar surface area (TPSA) is 82.3 Å². The minimum Gasteiger partial charge on any atom is -0.277 e. The number of halogens is 1. The number of hydrogen-bond donors (Lipinski definition) is 1. The molecule has 0 aliphatic rings. The molecular weight excluding hydrogens is 334 g/mol. The minimum atomic E-state index is -3.95. The van der Waals surface area contributed by atoms with Gasteiger partial charge in [-0.15, -0.1) is 0 Å². The number of anilines is 1. The molecule has 0 spiro atoms. The fourth-order valence-corrected chi connectivity index (χ4v) is 2.93. The molecule has 2 rings (SSSR count). The molecule has 0 saturated heterocycles. The van der Waals surface area contributed by atoms with Gasteiger partial charge in [-0.05, 0) is 48.4 Å². The molecule has 23 heavy (non-hydrogen) atoms. The highest BCUT2D eigenvalue weighted by atomic mass is 35.5. The van der Waals surface area contributed by atoms with Gasteiger partial charge in [0.05, 0.1) is 10.6 Å². The van der Waals surface area contributed by atoms with Crippen LogP contribution < -0.4 is 5.43 Å². The van der Waals surface area contributed by atoms with Crippen LogP contribution in [0.3, 0.4) is 0 Å². The summed E-state index contributed by atoms with van der Waals surface area (Å²) in [5.41, 5.74) is 4.09. The second kappa shape index (κ2) is 7.27. The molecule has 2 aromatic carbocycles. The predicted molar refractivity (Wildman–Crippen MR) is 91.1 cm³/mol. The number of nitrogens with one attached hydrogen (secondary N) is 1. The highest BCUT2D eigenvalue weighted by Gasteiger charge is 2.22. The molecule has 0 amide bonds. The van der Waals surface area contributed by atoms with E-state index in [1.807, 2.05) is 6.92 Å². The van der Waals surface area contributed by atoms with E-state index in [2.05, 4.69) is 10.5 Å². The molecule has 1 N–H and O–H groups in total. The van der Waals surface area contributed by atoms with Crippen LogP contribution >= 0.6 is 11.6 Å². The van der Waals surface area contributed by atoms with Crippen LogP contribution in [0.4, 0.5) is 5.69 Å². The Bertz CT molecular complexity index is 852. The lowest BCUT2D eigenvalue weighted by Crippen LogP contribution is -2.15. The van der Waals surface area contributed by atoms with E-state index in [1.165, 1.54) is 12.1 Å². The van der Waals surface area contributed by atoms with Crippen molar-refractivity contribution in [2.75, 3.05) is 5.43 Å². The molecule has 0 heterocycles. The number of sulfone groups is 1. The van der Waals surface area contributed by atoms with Gasteiger partial charge in [-0.2, -0.15) is 10.4 Å². The lowest BCUT2D eigenvalue weighted by molar-refractivity contribution is 0.607. The number of rotatable bonds is 4. The van der Waals surface area contributed by atoms with E-state index in [0.29, 0.717) is 10.7 Å². The van der Waals surface area contributed by atoms with Gasteiger partial charge in [0.25, 0.3) is 5.04 Å². The molecule has 0 bridgehead atoms. The van der Waals surface area contributed by atoms with Gasteiger partial charge < -0.3 is 0 Å². The molecule has 118 valence electrons. The second-order valence-electron chi connectivity index (χ2n) is 4.65. The summed E-state index contributed by atoms with van der Waals surface area (Å²) in [6.07, 6.45) is 0.803. The van der Waals surface area contributed by atoms with Crippen LogP contribution in [0.1, 0.15) is 12.5 Å². The Morgan fingerprint density at radius 1 is 1.17 bits per heavy atom. The first-order valence-electron chi connectivity index (χ1n) is 6.80. The van der Waals surface area contributed by atoms with Crippen molar-refractivity contribution in [1.29, 1.82) is 5.26 Å². The molecule has 7 heteroatoms. The molecule has 5 nitrogen and oxygen atoms in total. The molecule has 0 saturated carbocycles. The lowest BCUT2D eigenvalue weighted by Gasteiger charge is -2.05. The van der Waals surface area contributed by atoms with Crippen molar-refractivity contribution >= 4 is 32.2 Å². The average Bonchev–Trinajstić information content (AvgIpc) is 2.57. The van der Waals surface area contributed by atoms with Crippen molar-refractivity contribution in [2.45, 2.75) is 18.2 Å². The monoisotopic (exact) mass is 347 g/mol. The first kappa shape index (κ1) is 17.0. The highest BCUT2D eigenvalue weighted by Crippen LogP contribution is 2.16. The number of nitriles is 1. The van der Waals surface area contributed by atoms with Crippen molar-refractivity contribution < 1.29 is 8.42 Å². The number of hydrogen-bond acceptors (Lipinski definition) is 5. The van der Waals surface area contributed by atoms with Crippen LogP contribution in [0.5, 0.6) is 0 Å². The number of aryl methyl sites for hydroxylation is 1. The van der Waals surface area contributed by atoms with Crippen molar-refractivity contribution in [2.24, 2.45) is 5.10 Å². The van der Waals surface area contributed by atoms with Crippen LogP contribution in [0, 0.1) is 11.3 Å². The van der Waals surface area contributed by atoms with Gasteiger partial charge >= 0.3 is 0 Å². The van der Waals surface area contributed by atoms with Gasteiger partial charge in [0.1, 0.15) is 6.07 Å². The Hall–Kier alpha value is -2.36. The first-order chi connectivity index (χ1) is 11.0. The van der Waals surface area contributed by atoms with Crippen LogP contribution in [0.2, 0.25) is 5.02 Å². The van der Waals surface area contributed by atoms with Gasteiger partial charge in [0, 0.05) is 5.02 Å². The Balaban J connectivity index is 2.29. The zero-order valence-corrected chi connectivity index (χ0v) is 13.9. The summed E-state index contributed by atoms with van der Waals surface area (Å²) in [4.78, 5) is 0.0351. The van der Waals surface area contributed by atoms with Crippen molar-refractivity contribution in [3.05, 3.63) is 59.1 Å². The summed E-state index contributed by atoms with van der Waals surface area (Å²) in [5, 5.41) is 12.8. The van der Waals surface area contributed by atoms with Crippen LogP contribution in [-0.2, 0) is 16.3 Å². The van der Waals surface area contributed by atoms with Gasteiger partial charge in [-0.1, -0.05) is 30.7 Å². The van der Waals surface area contributed by atoms with E-state index >= 15 is 0 Å². The third-order valence-electron chi connectivity index (χ3n) is 3.12. The molecule has 0 atom stereocenters.